The first-order chi connectivity index (χ1) is 11.2. The minimum absolute atomic E-state index is 0.0907. The number of Topliss-reactive ketones (excluding diaryl/α,β-unsaturated/α-hetero) is 1. The Morgan fingerprint density at radius 1 is 0.783 bits per heavy atom. The van der Waals surface area contributed by atoms with Crippen molar-refractivity contribution in [2.24, 2.45) is 0 Å². The molecule has 3 aromatic rings. The standard InChI is InChI=1S/C21H17OS/c1-15(22)16-10-12-19(13-11-16)23-20-8-4-2-6-17(20)14-18-7-3-5-9-21(18)23/h2-13H,14H2,1H3/q+1. The highest BCUT2D eigenvalue weighted by Crippen LogP contribution is 2.40. The summed E-state index contributed by atoms with van der Waals surface area (Å²) in [5, 5.41) is 0. The van der Waals surface area contributed by atoms with Crippen LogP contribution >= 0.6 is 0 Å². The number of carbonyl (C=O) groups excluding carboxylic acids is 1. The zero-order valence-corrected chi connectivity index (χ0v) is 13.8. The summed E-state index contributed by atoms with van der Waals surface area (Å²) in [6, 6.07) is 25.5. The van der Waals surface area contributed by atoms with E-state index in [1.807, 2.05) is 12.1 Å². The maximum atomic E-state index is 11.5. The largest absolute Gasteiger partial charge is 0.295 e. The monoisotopic (exact) mass is 317 g/mol. The molecule has 1 heterocycles. The summed E-state index contributed by atoms with van der Waals surface area (Å²) < 4.78 is 0. The molecule has 1 nitrogen and oxygen atoms in total. The maximum Gasteiger partial charge on any atom is 0.170 e. The Hall–Kier alpha value is -2.32. The Kier molecular flexibility index (Phi) is 3.55. The van der Waals surface area contributed by atoms with Gasteiger partial charge in [-0.25, -0.2) is 0 Å². The molecule has 1 aliphatic heterocycles. The number of ketones is 1. The molecule has 23 heavy (non-hydrogen) atoms. The molecular weight excluding hydrogens is 300 g/mol. The van der Waals surface area contributed by atoms with E-state index < -0.39 is 0 Å². The predicted octanol–water partition coefficient (Wildman–Crippen LogP) is 4.89. The SMILES string of the molecule is CC(=O)c1ccc([S+]2c3ccccc3Cc3ccccc32)cc1. The molecule has 0 amide bonds. The second-order valence-electron chi connectivity index (χ2n) is 5.78. The van der Waals surface area contributed by atoms with Crippen LogP contribution in [0.1, 0.15) is 28.4 Å². The maximum absolute atomic E-state index is 11.5. The van der Waals surface area contributed by atoms with Gasteiger partial charge in [-0.1, -0.05) is 36.4 Å². The average Bonchev–Trinajstić information content (AvgIpc) is 2.59. The van der Waals surface area contributed by atoms with Crippen molar-refractivity contribution in [1.82, 2.24) is 0 Å². The topological polar surface area (TPSA) is 17.1 Å². The molecule has 0 spiro atoms. The van der Waals surface area contributed by atoms with Gasteiger partial charge < -0.3 is 0 Å². The lowest BCUT2D eigenvalue weighted by molar-refractivity contribution is 0.101. The Bertz CT molecular complexity index is 835. The van der Waals surface area contributed by atoms with Gasteiger partial charge in [0, 0.05) is 23.1 Å². The number of rotatable bonds is 2. The fourth-order valence-electron chi connectivity index (χ4n) is 3.10. The molecule has 4 rings (SSSR count). The zero-order chi connectivity index (χ0) is 15.8. The quantitative estimate of drug-likeness (QED) is 0.380. The van der Waals surface area contributed by atoms with Crippen LogP contribution in [0, 0.1) is 0 Å². The van der Waals surface area contributed by atoms with Crippen LogP contribution in [0.4, 0.5) is 0 Å². The van der Waals surface area contributed by atoms with E-state index >= 15 is 0 Å². The Balaban J connectivity index is 1.89. The van der Waals surface area contributed by atoms with Gasteiger partial charge in [-0.3, -0.25) is 4.79 Å². The third-order valence-corrected chi connectivity index (χ3v) is 6.68. The predicted molar refractivity (Wildman–Crippen MR) is 94.3 cm³/mol. The summed E-state index contributed by atoms with van der Waals surface area (Å²) >= 11 is 0. The number of carbonyl (C=O) groups is 1. The molecule has 0 saturated carbocycles. The van der Waals surface area contributed by atoms with Crippen LogP contribution in [0.15, 0.2) is 87.5 Å². The highest BCUT2D eigenvalue weighted by atomic mass is 32.2. The molecule has 0 saturated heterocycles. The first-order valence-corrected chi connectivity index (χ1v) is 8.97. The van der Waals surface area contributed by atoms with Crippen molar-refractivity contribution in [3.05, 3.63) is 89.5 Å². The summed E-state index contributed by atoms with van der Waals surface area (Å²) in [4.78, 5) is 15.6. The van der Waals surface area contributed by atoms with Crippen molar-refractivity contribution in [3.8, 4) is 0 Å². The third kappa shape index (κ3) is 2.49. The zero-order valence-electron chi connectivity index (χ0n) is 13.0. The van der Waals surface area contributed by atoms with Gasteiger partial charge in [0.2, 0.25) is 0 Å². The van der Waals surface area contributed by atoms with Crippen LogP contribution < -0.4 is 0 Å². The Morgan fingerprint density at radius 2 is 1.30 bits per heavy atom. The number of hydrogen-bond acceptors (Lipinski definition) is 1. The number of benzene rings is 3. The van der Waals surface area contributed by atoms with Gasteiger partial charge in [0.1, 0.15) is 0 Å². The smallest absolute Gasteiger partial charge is 0.170 e. The molecule has 1 aliphatic rings. The van der Waals surface area contributed by atoms with E-state index in [1.54, 1.807) is 6.92 Å². The summed E-state index contributed by atoms with van der Waals surface area (Å²) in [5.41, 5.74) is 3.59. The lowest BCUT2D eigenvalue weighted by Gasteiger charge is -2.19. The van der Waals surface area contributed by atoms with Gasteiger partial charge >= 0.3 is 0 Å². The van der Waals surface area contributed by atoms with E-state index in [2.05, 4.69) is 60.7 Å². The van der Waals surface area contributed by atoms with Crippen molar-refractivity contribution in [1.29, 1.82) is 0 Å². The van der Waals surface area contributed by atoms with Crippen LogP contribution in [0.3, 0.4) is 0 Å². The fourth-order valence-corrected chi connectivity index (χ4v) is 5.49. The van der Waals surface area contributed by atoms with Crippen LogP contribution in [0.25, 0.3) is 0 Å². The molecule has 0 N–H and O–H groups in total. The third-order valence-electron chi connectivity index (χ3n) is 4.26. The van der Waals surface area contributed by atoms with Crippen molar-refractivity contribution >= 4 is 16.7 Å². The molecule has 0 unspecified atom stereocenters. The van der Waals surface area contributed by atoms with Crippen molar-refractivity contribution in [2.75, 3.05) is 0 Å². The Morgan fingerprint density at radius 3 is 1.83 bits per heavy atom. The molecular formula is C21H17OS+. The molecule has 0 bridgehead atoms. The van der Waals surface area contributed by atoms with Crippen LogP contribution in [-0.2, 0) is 17.3 Å². The molecule has 2 heteroatoms. The van der Waals surface area contributed by atoms with E-state index in [1.165, 1.54) is 25.8 Å². The van der Waals surface area contributed by atoms with Gasteiger partial charge in [0.05, 0.1) is 10.9 Å². The summed E-state index contributed by atoms with van der Waals surface area (Å²) in [5.74, 6) is 0.115. The fraction of sp³-hybridized carbons (Fsp3) is 0.0952. The average molecular weight is 317 g/mol. The molecule has 0 fully saturated rings. The normalized spacial score (nSPS) is 13.3. The highest BCUT2D eigenvalue weighted by molar-refractivity contribution is 7.97. The van der Waals surface area contributed by atoms with Crippen LogP contribution in [0.2, 0.25) is 0 Å². The van der Waals surface area contributed by atoms with Crippen LogP contribution in [-0.4, -0.2) is 5.78 Å². The van der Waals surface area contributed by atoms with E-state index in [0.29, 0.717) is 0 Å². The molecule has 0 atom stereocenters. The lowest BCUT2D eigenvalue weighted by atomic mass is 10.0. The van der Waals surface area contributed by atoms with E-state index in [9.17, 15) is 4.79 Å². The minimum atomic E-state index is -0.0907. The first-order valence-electron chi connectivity index (χ1n) is 7.75. The summed E-state index contributed by atoms with van der Waals surface area (Å²) in [6.07, 6.45) is 1.00. The van der Waals surface area contributed by atoms with Gasteiger partial charge in [0.25, 0.3) is 0 Å². The Labute approximate surface area is 139 Å². The summed E-state index contributed by atoms with van der Waals surface area (Å²) in [6.45, 7) is 1.61. The highest BCUT2D eigenvalue weighted by Gasteiger charge is 2.36. The van der Waals surface area contributed by atoms with E-state index in [-0.39, 0.29) is 16.7 Å². The van der Waals surface area contributed by atoms with Gasteiger partial charge in [0.15, 0.2) is 20.5 Å². The first kappa shape index (κ1) is 14.3. The minimum Gasteiger partial charge on any atom is -0.295 e. The molecule has 0 aromatic heterocycles. The second kappa shape index (κ2) is 5.71. The van der Waals surface area contributed by atoms with Crippen LogP contribution in [0.5, 0.6) is 0 Å². The second-order valence-corrected chi connectivity index (χ2v) is 7.74. The van der Waals surface area contributed by atoms with Gasteiger partial charge in [-0.15, -0.1) is 0 Å². The van der Waals surface area contributed by atoms with Crippen molar-refractivity contribution < 1.29 is 4.79 Å². The molecule has 112 valence electrons. The van der Waals surface area contributed by atoms with Gasteiger partial charge in [-0.2, -0.15) is 0 Å². The molecule has 0 radical (unpaired) electrons. The van der Waals surface area contributed by atoms with E-state index in [4.69, 9.17) is 0 Å². The van der Waals surface area contributed by atoms with E-state index in [0.717, 1.165) is 12.0 Å². The molecule has 0 aliphatic carbocycles. The van der Waals surface area contributed by atoms with Crippen molar-refractivity contribution in [2.45, 2.75) is 28.0 Å². The summed E-state index contributed by atoms with van der Waals surface area (Å²) in [7, 11) is -0.0907. The van der Waals surface area contributed by atoms with Crippen molar-refractivity contribution in [3.63, 3.8) is 0 Å². The lowest BCUT2D eigenvalue weighted by Crippen LogP contribution is -2.15. The number of hydrogen-bond donors (Lipinski definition) is 0. The number of fused-ring (bicyclic) bond motifs is 2. The molecule has 3 aromatic carbocycles. The van der Waals surface area contributed by atoms with Gasteiger partial charge in [-0.05, 0) is 43.3 Å².